The molecule has 32 heavy (non-hydrogen) atoms. The lowest BCUT2D eigenvalue weighted by atomic mass is 9.89. The van der Waals surface area contributed by atoms with E-state index in [1.54, 1.807) is 18.9 Å². The second-order valence-corrected chi connectivity index (χ2v) is 8.30. The Morgan fingerprint density at radius 1 is 1.31 bits per heavy atom. The molecule has 0 unspecified atom stereocenters. The van der Waals surface area contributed by atoms with Crippen molar-refractivity contribution in [2.24, 2.45) is 5.92 Å². The summed E-state index contributed by atoms with van der Waals surface area (Å²) in [6.45, 7) is 8.25. The first-order valence-electron chi connectivity index (χ1n) is 11.4. The summed E-state index contributed by atoms with van der Waals surface area (Å²) in [5, 5.41) is 24.8. The quantitative estimate of drug-likeness (QED) is 0.373. The van der Waals surface area contributed by atoms with E-state index in [1.165, 1.54) is 0 Å². The van der Waals surface area contributed by atoms with Crippen molar-refractivity contribution in [3.8, 4) is 11.8 Å². The molecular formula is C24H35N3O5. The molecule has 2 aliphatic heterocycles. The predicted molar refractivity (Wildman–Crippen MR) is 120 cm³/mol. The molecule has 0 radical (unpaired) electrons. The van der Waals surface area contributed by atoms with Crippen molar-refractivity contribution in [1.29, 1.82) is 0 Å². The first kappa shape index (κ1) is 24.6. The molecule has 2 aliphatic rings. The summed E-state index contributed by atoms with van der Waals surface area (Å²) >= 11 is 0. The SMILES string of the molecule is CC#Cc1ccccc1CN1O[C@H](CO)[C@H]([C@@H](C)O)[C@@H]1C(=O)NCCCN1CCOCC1. The van der Waals surface area contributed by atoms with Crippen LogP contribution < -0.4 is 5.32 Å². The van der Waals surface area contributed by atoms with E-state index < -0.39 is 24.2 Å². The average molecular weight is 446 g/mol. The Labute approximate surface area is 190 Å². The van der Waals surface area contributed by atoms with Crippen LogP contribution in [0.1, 0.15) is 31.4 Å². The Balaban J connectivity index is 1.67. The lowest BCUT2D eigenvalue weighted by Crippen LogP contribution is -2.49. The fourth-order valence-corrected chi connectivity index (χ4v) is 4.40. The summed E-state index contributed by atoms with van der Waals surface area (Å²) in [5.41, 5.74) is 1.79. The Morgan fingerprint density at radius 2 is 2.06 bits per heavy atom. The predicted octanol–water partition coefficient (Wildman–Crippen LogP) is 0.370. The van der Waals surface area contributed by atoms with E-state index in [2.05, 4.69) is 22.1 Å². The van der Waals surface area contributed by atoms with Gasteiger partial charge in [-0.05, 0) is 38.4 Å². The van der Waals surface area contributed by atoms with Crippen LogP contribution in [0.25, 0.3) is 0 Å². The first-order chi connectivity index (χ1) is 15.5. The van der Waals surface area contributed by atoms with Crippen molar-refractivity contribution in [2.45, 2.75) is 45.1 Å². The monoisotopic (exact) mass is 445 g/mol. The minimum Gasteiger partial charge on any atom is -0.394 e. The van der Waals surface area contributed by atoms with Gasteiger partial charge in [0.05, 0.1) is 32.5 Å². The highest BCUT2D eigenvalue weighted by atomic mass is 16.7. The van der Waals surface area contributed by atoms with Gasteiger partial charge in [0, 0.05) is 31.1 Å². The van der Waals surface area contributed by atoms with E-state index in [4.69, 9.17) is 9.57 Å². The van der Waals surface area contributed by atoms with E-state index in [9.17, 15) is 15.0 Å². The molecule has 0 bridgehead atoms. The largest absolute Gasteiger partial charge is 0.394 e. The second-order valence-electron chi connectivity index (χ2n) is 8.30. The number of nitrogens with one attached hydrogen (secondary N) is 1. The lowest BCUT2D eigenvalue weighted by molar-refractivity contribution is -0.181. The summed E-state index contributed by atoms with van der Waals surface area (Å²) in [4.78, 5) is 21.5. The number of aliphatic hydroxyl groups is 2. The minimum atomic E-state index is -0.813. The molecule has 8 heteroatoms. The lowest BCUT2D eigenvalue weighted by Gasteiger charge is -2.28. The maximum atomic E-state index is 13.2. The molecular weight excluding hydrogens is 410 g/mol. The number of rotatable bonds is 9. The fourth-order valence-electron chi connectivity index (χ4n) is 4.40. The molecule has 0 aromatic heterocycles. The van der Waals surface area contributed by atoms with Gasteiger partial charge in [-0.3, -0.25) is 14.5 Å². The van der Waals surface area contributed by atoms with Gasteiger partial charge in [0.25, 0.3) is 0 Å². The highest BCUT2D eigenvalue weighted by Gasteiger charge is 2.49. The topological polar surface area (TPSA) is 94.5 Å². The Bertz CT molecular complexity index is 800. The van der Waals surface area contributed by atoms with Crippen molar-refractivity contribution in [3.63, 3.8) is 0 Å². The third-order valence-electron chi connectivity index (χ3n) is 6.04. The number of morpholine rings is 1. The smallest absolute Gasteiger partial charge is 0.240 e. The molecule has 1 aromatic carbocycles. The number of benzene rings is 1. The number of amides is 1. The number of ether oxygens (including phenoxy) is 1. The van der Waals surface area contributed by atoms with Gasteiger partial charge >= 0.3 is 0 Å². The third-order valence-corrected chi connectivity index (χ3v) is 6.04. The van der Waals surface area contributed by atoms with E-state index in [1.807, 2.05) is 24.3 Å². The van der Waals surface area contributed by atoms with Crippen LogP contribution in [-0.4, -0.2) is 90.3 Å². The third kappa shape index (κ3) is 6.29. The van der Waals surface area contributed by atoms with Crippen LogP contribution in [-0.2, 0) is 20.9 Å². The summed E-state index contributed by atoms with van der Waals surface area (Å²) in [6.07, 6.45) is -0.632. The number of hydroxylamine groups is 2. The van der Waals surface area contributed by atoms with Gasteiger partial charge in [0.2, 0.25) is 5.91 Å². The zero-order valence-corrected chi connectivity index (χ0v) is 19.0. The molecule has 3 N–H and O–H groups in total. The van der Waals surface area contributed by atoms with Gasteiger partial charge < -0.3 is 20.3 Å². The number of hydrogen-bond donors (Lipinski definition) is 3. The Hall–Kier alpha value is -1.99. The van der Waals surface area contributed by atoms with Gasteiger partial charge in [-0.2, -0.15) is 5.06 Å². The van der Waals surface area contributed by atoms with Crippen LogP contribution >= 0.6 is 0 Å². The van der Waals surface area contributed by atoms with Crippen molar-refractivity contribution < 1.29 is 24.6 Å². The molecule has 4 atom stereocenters. The molecule has 0 spiro atoms. The number of carbonyl (C=O) groups excluding carboxylic acids is 1. The van der Waals surface area contributed by atoms with Crippen molar-refractivity contribution >= 4 is 5.91 Å². The molecule has 176 valence electrons. The van der Waals surface area contributed by atoms with Crippen molar-refractivity contribution in [1.82, 2.24) is 15.3 Å². The zero-order valence-electron chi connectivity index (χ0n) is 19.0. The average Bonchev–Trinajstić information content (AvgIpc) is 3.17. The molecule has 3 rings (SSSR count). The van der Waals surface area contributed by atoms with Gasteiger partial charge in [-0.15, -0.1) is 5.92 Å². The fraction of sp³-hybridized carbons (Fsp3) is 0.625. The summed E-state index contributed by atoms with van der Waals surface area (Å²) < 4.78 is 5.37. The maximum Gasteiger partial charge on any atom is 0.240 e. The number of hydrogen-bond acceptors (Lipinski definition) is 7. The van der Waals surface area contributed by atoms with Crippen molar-refractivity contribution in [3.05, 3.63) is 35.4 Å². The minimum absolute atomic E-state index is 0.201. The van der Waals surface area contributed by atoms with E-state index >= 15 is 0 Å². The van der Waals surface area contributed by atoms with Gasteiger partial charge in [0.1, 0.15) is 12.1 Å². The number of carbonyl (C=O) groups is 1. The van der Waals surface area contributed by atoms with E-state index in [0.717, 1.165) is 50.4 Å². The molecule has 8 nitrogen and oxygen atoms in total. The summed E-state index contributed by atoms with van der Waals surface area (Å²) in [5.74, 6) is 5.25. The van der Waals surface area contributed by atoms with Gasteiger partial charge in [0.15, 0.2) is 0 Å². The molecule has 2 fully saturated rings. The molecule has 2 heterocycles. The summed E-state index contributed by atoms with van der Waals surface area (Å²) in [7, 11) is 0. The van der Waals surface area contributed by atoms with Gasteiger partial charge in [-0.25, -0.2) is 0 Å². The van der Waals surface area contributed by atoms with Crippen LogP contribution in [0.4, 0.5) is 0 Å². The first-order valence-corrected chi connectivity index (χ1v) is 11.4. The van der Waals surface area contributed by atoms with Crippen LogP contribution in [0.15, 0.2) is 24.3 Å². The maximum absolute atomic E-state index is 13.2. The summed E-state index contributed by atoms with van der Waals surface area (Å²) in [6, 6.07) is 7.00. The van der Waals surface area contributed by atoms with Gasteiger partial charge in [-0.1, -0.05) is 24.1 Å². The highest BCUT2D eigenvalue weighted by Crippen LogP contribution is 2.32. The Morgan fingerprint density at radius 3 is 2.75 bits per heavy atom. The highest BCUT2D eigenvalue weighted by molar-refractivity contribution is 5.82. The molecule has 0 saturated carbocycles. The van der Waals surface area contributed by atoms with Crippen LogP contribution in [0, 0.1) is 17.8 Å². The van der Waals surface area contributed by atoms with E-state index in [0.29, 0.717) is 13.1 Å². The molecule has 1 amide bonds. The number of aliphatic hydroxyl groups excluding tert-OH is 2. The molecule has 0 aliphatic carbocycles. The van der Waals surface area contributed by atoms with Crippen LogP contribution in [0.5, 0.6) is 0 Å². The van der Waals surface area contributed by atoms with Crippen LogP contribution in [0.3, 0.4) is 0 Å². The number of nitrogens with zero attached hydrogens (tertiary/aromatic N) is 2. The molecule has 1 aromatic rings. The zero-order chi connectivity index (χ0) is 22.9. The molecule has 2 saturated heterocycles. The standard InChI is InChI=1S/C24H35N3O5/c1-3-7-19-8-4-5-9-20(19)16-27-23(22(18(2)29)21(17-28)32-27)24(30)25-10-6-11-26-12-14-31-15-13-26/h4-5,8-9,18,21-23,28-29H,6,10-17H2,1-2H3,(H,25,30)/t18-,21-,22+,23-/m1/s1. The second kappa shape index (κ2) is 12.3. The Kier molecular flexibility index (Phi) is 9.48. The van der Waals surface area contributed by atoms with E-state index in [-0.39, 0.29) is 12.5 Å². The normalized spacial score (nSPS) is 25.2. The van der Waals surface area contributed by atoms with Crippen molar-refractivity contribution in [2.75, 3.05) is 46.0 Å². The van der Waals surface area contributed by atoms with Crippen LogP contribution in [0.2, 0.25) is 0 Å².